The van der Waals surface area contributed by atoms with E-state index in [1.54, 1.807) is 0 Å². The lowest BCUT2D eigenvalue weighted by atomic mass is 9.99. The highest BCUT2D eigenvalue weighted by Crippen LogP contribution is 2.22. The van der Waals surface area contributed by atoms with Crippen molar-refractivity contribution in [3.63, 3.8) is 0 Å². The third-order valence-corrected chi connectivity index (χ3v) is 9.08. The minimum atomic E-state index is -1.61. The van der Waals surface area contributed by atoms with Crippen LogP contribution in [0.25, 0.3) is 0 Å². The van der Waals surface area contributed by atoms with Crippen molar-refractivity contribution in [1.82, 2.24) is 0 Å². The molecule has 1 saturated heterocycles. The average Bonchev–Trinajstić information content (AvgIpc) is 3.18. The molecule has 10 heteroatoms. The van der Waals surface area contributed by atoms with Crippen LogP contribution in [-0.4, -0.2) is 89.0 Å². The maximum atomic E-state index is 12.7. The highest BCUT2D eigenvalue weighted by Gasteiger charge is 2.44. The molecule has 0 radical (unpaired) electrons. The fourth-order valence-electron chi connectivity index (χ4n) is 5.75. The van der Waals surface area contributed by atoms with Crippen LogP contribution in [0.3, 0.4) is 0 Å². The number of ether oxygens (including phenoxy) is 4. The molecule has 1 aliphatic rings. The van der Waals surface area contributed by atoms with Gasteiger partial charge < -0.3 is 39.4 Å². The Hall–Kier alpha value is -2.86. The Balaban J connectivity index is 2.42. The predicted molar refractivity (Wildman–Crippen MR) is 219 cm³/mol. The summed E-state index contributed by atoms with van der Waals surface area (Å²) in [6.45, 7) is 3.20. The Kier molecular flexibility index (Phi) is 32.4. The van der Waals surface area contributed by atoms with Gasteiger partial charge in [0.25, 0.3) is 0 Å². The van der Waals surface area contributed by atoms with E-state index >= 15 is 0 Å². The second kappa shape index (κ2) is 35.5. The van der Waals surface area contributed by atoms with Crippen LogP contribution in [-0.2, 0) is 28.5 Å². The molecule has 0 spiro atoms. The van der Waals surface area contributed by atoms with Crippen LogP contribution in [0.15, 0.2) is 72.9 Å². The molecule has 55 heavy (non-hydrogen) atoms. The lowest BCUT2D eigenvalue weighted by molar-refractivity contribution is -0.305. The van der Waals surface area contributed by atoms with E-state index in [4.69, 9.17) is 18.9 Å². The van der Waals surface area contributed by atoms with Gasteiger partial charge in [0.05, 0.1) is 13.2 Å². The van der Waals surface area contributed by atoms with Crippen molar-refractivity contribution in [3.05, 3.63) is 72.9 Å². The molecule has 10 nitrogen and oxygen atoms in total. The van der Waals surface area contributed by atoms with Gasteiger partial charge in [0.1, 0.15) is 31.0 Å². The summed E-state index contributed by atoms with van der Waals surface area (Å²) in [7, 11) is 0. The van der Waals surface area contributed by atoms with Gasteiger partial charge in [-0.25, -0.2) is 0 Å². The van der Waals surface area contributed by atoms with E-state index in [9.17, 15) is 30.0 Å². The highest BCUT2D eigenvalue weighted by atomic mass is 16.7. The minimum absolute atomic E-state index is 0.192. The van der Waals surface area contributed by atoms with Crippen LogP contribution in [0.1, 0.15) is 142 Å². The number of allylic oxidation sites excluding steroid dienone is 12. The monoisotopic (exact) mass is 775 g/mol. The standard InChI is InChI=1S/C45H74O10/c1-3-5-7-9-11-13-15-17-18-19-20-22-23-25-27-29-31-33-40(47)52-36-38(37-53-45-44(51)43(50)42(49)39(35-46)55-45)54-41(48)34-32-30-28-26-24-21-16-14-12-10-8-6-4-2/h5,7,11,13-14,16-18,20,22,25,27,38-39,42-46,49-51H,3-4,6,8-10,12,15,19,21,23-24,26,28-37H2,1-2H3/b7-5+,13-11+,16-14+,18-17+,22-20+,27-25+/t38-,39-,42+,43?,44?,45-/m0/s1. The molecule has 0 bridgehead atoms. The van der Waals surface area contributed by atoms with Gasteiger partial charge in [-0.15, -0.1) is 0 Å². The SMILES string of the molecule is CC/C=C/C/C=C/C/C=C/C/C=C/C/C=C/CCCC(=O)OC[C@@H](CO[C@H]1O[C@@H](CO)[C@@H](O)C(O)C1O)OC(=O)CCCCCCC/C=C/CCCCCC. The molecule has 4 N–H and O–H groups in total. The number of unbranched alkanes of at least 4 members (excludes halogenated alkanes) is 10. The van der Waals surface area contributed by atoms with Crippen LogP contribution < -0.4 is 0 Å². The summed E-state index contributed by atoms with van der Waals surface area (Å²) >= 11 is 0. The minimum Gasteiger partial charge on any atom is -0.462 e. The molecule has 6 atom stereocenters. The van der Waals surface area contributed by atoms with Crippen LogP contribution in [0.2, 0.25) is 0 Å². The number of carbonyl (C=O) groups excluding carboxylic acids is 2. The molecule has 0 aliphatic carbocycles. The zero-order valence-electron chi connectivity index (χ0n) is 33.9. The molecule has 0 aromatic carbocycles. The van der Waals surface area contributed by atoms with Gasteiger partial charge in [0, 0.05) is 12.8 Å². The topological polar surface area (TPSA) is 152 Å². The van der Waals surface area contributed by atoms with Gasteiger partial charge >= 0.3 is 11.9 Å². The molecule has 314 valence electrons. The van der Waals surface area contributed by atoms with E-state index in [-0.39, 0.29) is 26.1 Å². The maximum absolute atomic E-state index is 12.7. The Morgan fingerprint density at radius 1 is 0.582 bits per heavy atom. The van der Waals surface area contributed by atoms with Crippen molar-refractivity contribution in [2.75, 3.05) is 19.8 Å². The van der Waals surface area contributed by atoms with Crippen molar-refractivity contribution >= 4 is 11.9 Å². The van der Waals surface area contributed by atoms with E-state index < -0.39 is 55.4 Å². The summed E-state index contributed by atoms with van der Waals surface area (Å²) in [6, 6.07) is 0. The number of aliphatic hydroxyl groups is 4. The molecule has 0 amide bonds. The normalized spacial score (nSPS) is 21.3. The number of hydrogen-bond acceptors (Lipinski definition) is 10. The molecule has 0 aromatic rings. The Morgan fingerprint density at radius 2 is 1.09 bits per heavy atom. The lowest BCUT2D eigenvalue weighted by Crippen LogP contribution is -2.59. The van der Waals surface area contributed by atoms with E-state index in [1.165, 1.54) is 25.7 Å². The highest BCUT2D eigenvalue weighted by molar-refractivity contribution is 5.70. The van der Waals surface area contributed by atoms with Gasteiger partial charge in [-0.1, -0.05) is 125 Å². The fraction of sp³-hybridized carbons (Fsp3) is 0.689. The Morgan fingerprint density at radius 3 is 1.69 bits per heavy atom. The maximum Gasteiger partial charge on any atom is 0.306 e. The van der Waals surface area contributed by atoms with E-state index in [0.717, 1.165) is 77.0 Å². The molecule has 1 aliphatic heterocycles. The second-order valence-electron chi connectivity index (χ2n) is 14.1. The summed E-state index contributed by atoms with van der Waals surface area (Å²) in [5.74, 6) is -0.893. The van der Waals surface area contributed by atoms with Crippen LogP contribution in [0, 0.1) is 0 Å². The van der Waals surface area contributed by atoms with Gasteiger partial charge in [0.15, 0.2) is 12.4 Å². The van der Waals surface area contributed by atoms with Gasteiger partial charge in [-0.3, -0.25) is 9.59 Å². The van der Waals surface area contributed by atoms with Crippen LogP contribution >= 0.6 is 0 Å². The summed E-state index contributed by atoms with van der Waals surface area (Å²) in [6.07, 6.45) is 36.3. The first-order valence-electron chi connectivity index (χ1n) is 21.0. The summed E-state index contributed by atoms with van der Waals surface area (Å²) in [5, 5.41) is 40.0. The molecule has 2 unspecified atom stereocenters. The van der Waals surface area contributed by atoms with Crippen molar-refractivity contribution in [2.45, 2.75) is 179 Å². The van der Waals surface area contributed by atoms with Crippen molar-refractivity contribution < 1.29 is 49.0 Å². The molecular weight excluding hydrogens is 700 g/mol. The van der Waals surface area contributed by atoms with Crippen molar-refractivity contribution in [3.8, 4) is 0 Å². The van der Waals surface area contributed by atoms with Gasteiger partial charge in [0.2, 0.25) is 0 Å². The van der Waals surface area contributed by atoms with Gasteiger partial charge in [-0.05, 0) is 77.0 Å². The number of carbonyl (C=O) groups is 2. The first-order chi connectivity index (χ1) is 26.8. The quantitative estimate of drug-likeness (QED) is 0.0291. The molecule has 1 rings (SSSR count). The molecule has 0 saturated carbocycles. The van der Waals surface area contributed by atoms with Crippen molar-refractivity contribution in [1.29, 1.82) is 0 Å². The van der Waals surface area contributed by atoms with Crippen LogP contribution in [0.4, 0.5) is 0 Å². The lowest BCUT2D eigenvalue weighted by Gasteiger charge is -2.39. The number of rotatable bonds is 33. The summed E-state index contributed by atoms with van der Waals surface area (Å²) < 4.78 is 22.0. The first-order valence-corrected chi connectivity index (χ1v) is 21.0. The summed E-state index contributed by atoms with van der Waals surface area (Å²) in [4.78, 5) is 25.2. The largest absolute Gasteiger partial charge is 0.462 e. The smallest absolute Gasteiger partial charge is 0.306 e. The number of esters is 2. The Bertz CT molecular complexity index is 1120. The third kappa shape index (κ3) is 27.4. The van der Waals surface area contributed by atoms with Crippen LogP contribution in [0.5, 0.6) is 0 Å². The number of aliphatic hydroxyl groups excluding tert-OH is 4. The van der Waals surface area contributed by atoms with E-state index in [2.05, 4.69) is 80.7 Å². The van der Waals surface area contributed by atoms with Crippen molar-refractivity contribution in [2.24, 2.45) is 0 Å². The molecule has 1 fully saturated rings. The zero-order chi connectivity index (χ0) is 40.2. The Labute approximate surface area is 332 Å². The zero-order valence-corrected chi connectivity index (χ0v) is 33.9. The molecule has 1 heterocycles. The molecule has 0 aromatic heterocycles. The predicted octanol–water partition coefficient (Wildman–Crippen LogP) is 8.44. The molecular formula is C45H74O10. The first kappa shape index (κ1) is 50.2. The third-order valence-electron chi connectivity index (χ3n) is 9.08. The summed E-state index contributed by atoms with van der Waals surface area (Å²) in [5.41, 5.74) is 0. The fourth-order valence-corrected chi connectivity index (χ4v) is 5.75. The average molecular weight is 775 g/mol. The number of hydrogen-bond donors (Lipinski definition) is 4. The van der Waals surface area contributed by atoms with Gasteiger partial charge in [-0.2, -0.15) is 0 Å². The second-order valence-corrected chi connectivity index (χ2v) is 14.1. The van der Waals surface area contributed by atoms with E-state index in [1.807, 2.05) is 6.08 Å². The van der Waals surface area contributed by atoms with E-state index in [0.29, 0.717) is 12.8 Å².